The maximum atomic E-state index is 11.4. The average Bonchev–Trinajstić information content (AvgIpc) is 3.51. The van der Waals surface area contributed by atoms with Crippen LogP contribution in [0.25, 0.3) is 16.9 Å². The van der Waals surface area contributed by atoms with Crippen molar-refractivity contribution in [3.05, 3.63) is 88.0 Å². The summed E-state index contributed by atoms with van der Waals surface area (Å²) in [6.45, 7) is 6.70. The van der Waals surface area contributed by atoms with Gasteiger partial charge in [0.05, 0.1) is 0 Å². The van der Waals surface area contributed by atoms with E-state index >= 15 is 0 Å². The van der Waals surface area contributed by atoms with Gasteiger partial charge in [-0.05, 0) is 61.4 Å². The molecule has 0 atom stereocenters. The van der Waals surface area contributed by atoms with Crippen LogP contribution in [0.15, 0.2) is 60.2 Å². The third-order valence-corrected chi connectivity index (χ3v) is 10.6. The van der Waals surface area contributed by atoms with E-state index in [1.807, 2.05) is 0 Å². The van der Waals surface area contributed by atoms with Gasteiger partial charge in [0, 0.05) is 35.6 Å². The van der Waals surface area contributed by atoms with Crippen LogP contribution in [0.3, 0.4) is 0 Å². The molecule has 3 rings (SSSR count). The van der Waals surface area contributed by atoms with E-state index in [-0.39, 0.29) is 0 Å². The third kappa shape index (κ3) is 20.3. The van der Waals surface area contributed by atoms with E-state index in [4.69, 9.17) is 0 Å². The molecule has 0 amide bonds. The molecule has 3 heteroatoms. The second-order valence-corrected chi connectivity index (χ2v) is 16.7. The first-order valence-electron chi connectivity index (χ1n) is 21.9. The Morgan fingerprint density at radius 3 is 1.53 bits per heavy atom. The molecule has 0 saturated carbocycles. The summed E-state index contributed by atoms with van der Waals surface area (Å²) in [7, 11) is 0. The summed E-state index contributed by atoms with van der Waals surface area (Å²) in [5, 5.41) is 4.35. The fourth-order valence-corrected chi connectivity index (χ4v) is 7.36. The summed E-state index contributed by atoms with van der Waals surface area (Å²) in [6.07, 6.45) is 37.7. The zero-order valence-electron chi connectivity index (χ0n) is 35.0. The normalized spacial score (nSPS) is 12.5. The molecule has 0 N–H and O–H groups in total. The van der Waals surface area contributed by atoms with Crippen LogP contribution in [0.1, 0.15) is 204 Å². The van der Waals surface area contributed by atoms with Crippen molar-refractivity contribution in [2.75, 3.05) is 0 Å². The van der Waals surface area contributed by atoms with Gasteiger partial charge in [-0.2, -0.15) is 0 Å². The molecule has 0 aromatic heterocycles. The number of benzene rings is 2. The summed E-state index contributed by atoms with van der Waals surface area (Å²) in [6, 6.07) is 17.3. The zero-order chi connectivity index (χ0) is 38.2. The Morgan fingerprint density at radius 1 is 0.547 bits per heavy atom. The molecule has 2 aromatic rings. The van der Waals surface area contributed by atoms with E-state index in [9.17, 15) is 5.53 Å². The van der Waals surface area contributed by atoms with Gasteiger partial charge >= 0.3 is 28.8 Å². The molecule has 0 aliphatic carbocycles. The summed E-state index contributed by atoms with van der Waals surface area (Å²) >= 11 is 0.950. The van der Waals surface area contributed by atoms with Crippen molar-refractivity contribution in [1.29, 1.82) is 0 Å². The van der Waals surface area contributed by atoms with E-state index < -0.39 is 0 Å². The Labute approximate surface area is 337 Å². The molecule has 53 heavy (non-hydrogen) atoms. The summed E-state index contributed by atoms with van der Waals surface area (Å²) in [5.74, 6) is 6.88. The number of nitrogens with zero attached hydrogens (tertiary/aromatic N) is 2. The fourth-order valence-electron chi connectivity index (χ4n) is 7.36. The summed E-state index contributed by atoms with van der Waals surface area (Å²) in [4.78, 5) is 0. The predicted molar refractivity (Wildman–Crippen MR) is 231 cm³/mol. The number of rotatable bonds is 28. The van der Waals surface area contributed by atoms with Crippen LogP contribution in [0.5, 0.6) is 0 Å². The Kier molecular flexibility index (Phi) is 28.3. The molecule has 0 radical (unpaired) electrons. The van der Waals surface area contributed by atoms with Gasteiger partial charge in [-0.3, -0.25) is 0 Å². The molecule has 298 valence electrons. The van der Waals surface area contributed by atoms with Gasteiger partial charge in [0.1, 0.15) is 0 Å². The van der Waals surface area contributed by atoms with Gasteiger partial charge in [-0.1, -0.05) is 180 Å². The molecule has 1 aliphatic rings. The molecular formula is C50H78N2Pd. The predicted octanol–water partition coefficient (Wildman–Crippen LogP) is 16.6. The molecule has 1 aliphatic heterocycles. The molecule has 0 saturated heterocycles. The first kappa shape index (κ1) is 46.9. The van der Waals surface area contributed by atoms with E-state index in [0.29, 0.717) is 0 Å². The van der Waals surface area contributed by atoms with Crippen molar-refractivity contribution in [3.63, 3.8) is 0 Å². The second kappa shape index (κ2) is 32.0. The van der Waals surface area contributed by atoms with Crippen LogP contribution in [0.2, 0.25) is 10.8 Å². The van der Waals surface area contributed by atoms with Crippen molar-refractivity contribution in [2.24, 2.45) is 0 Å². The van der Waals surface area contributed by atoms with Crippen molar-refractivity contribution in [2.45, 2.75) is 205 Å². The molecule has 1 heterocycles. The van der Waals surface area contributed by atoms with Gasteiger partial charge in [0.15, 0.2) is 0 Å². The SMILES string of the molecule is CCCCCCCCCCCCCCCCCCCCCCC#CCCc1ccccc1C1=CC(CC)=C(c2ccc(CCCC)cc2)[N+]1=[N-].[CH3][Pd][CH3]. The maximum absolute atomic E-state index is 11.4. The quantitative estimate of drug-likeness (QED) is 0.0354. The van der Waals surface area contributed by atoms with Crippen LogP contribution in [0, 0.1) is 11.8 Å². The molecule has 0 bridgehead atoms. The number of hydrogen-bond donors (Lipinski definition) is 0. The number of allylic oxidation sites excluding steroid dienone is 2. The van der Waals surface area contributed by atoms with Gasteiger partial charge in [-0.15, -0.1) is 11.8 Å². The van der Waals surface area contributed by atoms with Crippen LogP contribution in [-0.2, 0) is 30.8 Å². The fraction of sp³-hybridized carbons (Fsp3) is 0.640. The van der Waals surface area contributed by atoms with Crippen molar-refractivity contribution in [3.8, 4) is 11.8 Å². The van der Waals surface area contributed by atoms with Crippen LogP contribution < -0.4 is 0 Å². The summed E-state index contributed by atoms with van der Waals surface area (Å²) < 4.78 is 1.42. The molecular weight excluding hydrogens is 735 g/mol. The summed E-state index contributed by atoms with van der Waals surface area (Å²) in [5.41, 5.74) is 19.2. The van der Waals surface area contributed by atoms with Crippen molar-refractivity contribution in [1.82, 2.24) is 0 Å². The minimum absolute atomic E-state index is 0.856. The molecule has 0 fully saturated rings. The molecule has 0 spiro atoms. The molecule has 2 nitrogen and oxygen atoms in total. The molecule has 2 aromatic carbocycles. The average molecular weight is 814 g/mol. The van der Waals surface area contributed by atoms with Crippen molar-refractivity contribution >= 4 is 11.4 Å². The Morgan fingerprint density at radius 2 is 1.02 bits per heavy atom. The zero-order valence-corrected chi connectivity index (χ0v) is 36.6. The molecule has 0 unspecified atom stereocenters. The van der Waals surface area contributed by atoms with E-state index in [0.717, 1.165) is 72.6 Å². The topological polar surface area (TPSA) is 25.3 Å². The minimum atomic E-state index is 0.856. The first-order chi connectivity index (χ1) is 26.1. The van der Waals surface area contributed by atoms with Gasteiger partial charge in [0.25, 0.3) is 0 Å². The van der Waals surface area contributed by atoms with E-state index in [2.05, 4.69) is 98.0 Å². The Balaban J connectivity index is 0.00000313. The van der Waals surface area contributed by atoms with Gasteiger partial charge in [-0.25, -0.2) is 4.70 Å². The van der Waals surface area contributed by atoms with Crippen LogP contribution in [-0.4, -0.2) is 4.70 Å². The monoisotopic (exact) mass is 813 g/mol. The Bertz CT molecular complexity index is 1360. The number of aryl methyl sites for hydroxylation is 2. The van der Waals surface area contributed by atoms with Crippen LogP contribution in [0.4, 0.5) is 0 Å². The number of unbranched alkanes of at least 4 members (excludes halogenated alkanes) is 21. The van der Waals surface area contributed by atoms with Gasteiger partial charge in [0.2, 0.25) is 11.4 Å². The standard InChI is InChI=1S/C48H72N2.2CH3.Pd/c1-4-7-9-10-11-12-13-14-15-16-17-18-19-20-21-22-23-24-25-26-27-28-29-30-34-44-35-31-32-36-46(44)47-41-43(6-3)48(50(47)49)45-39-37-42(38-40-45)33-8-5-2;;;/h31-32,35-41H,4-27,30,33-34H2,1-3H3;2*1H3;. The van der Waals surface area contributed by atoms with Gasteiger partial charge < -0.3 is 5.53 Å². The first-order valence-corrected chi connectivity index (χ1v) is 25.0. The van der Waals surface area contributed by atoms with E-state index in [1.54, 1.807) is 0 Å². The Hall–Kier alpha value is -2.26. The third-order valence-electron chi connectivity index (χ3n) is 10.6. The number of hydrogen-bond acceptors (Lipinski definition) is 0. The van der Waals surface area contributed by atoms with E-state index in [1.165, 1.54) is 163 Å². The second-order valence-electron chi connectivity index (χ2n) is 15.2. The van der Waals surface area contributed by atoms with Crippen LogP contribution >= 0.6 is 0 Å². The van der Waals surface area contributed by atoms with Crippen molar-refractivity contribution < 1.29 is 22.7 Å².